The molecule has 0 aromatic heterocycles. The van der Waals surface area contributed by atoms with E-state index in [2.05, 4.69) is 0 Å². The maximum Gasteiger partial charge on any atom is 0.302 e. The standard InChI is InChI=1S/C11H14FNO3S/c1-13-5-6-16-11-3-2-9(8-10(11)13)4-7-17(12,14)15/h2-3,8H,4-7H2,1H3. The lowest BCUT2D eigenvalue weighted by Crippen LogP contribution is -2.28. The van der Waals surface area contributed by atoms with Gasteiger partial charge in [0.15, 0.2) is 0 Å². The van der Waals surface area contributed by atoms with Crippen LogP contribution in [-0.4, -0.2) is 34.4 Å². The van der Waals surface area contributed by atoms with Crippen LogP contribution in [0.2, 0.25) is 0 Å². The third-order valence-electron chi connectivity index (χ3n) is 2.75. The molecular formula is C11H14FNO3S. The van der Waals surface area contributed by atoms with E-state index in [4.69, 9.17) is 4.74 Å². The number of halogens is 1. The first kappa shape index (κ1) is 12.2. The highest BCUT2D eigenvalue weighted by atomic mass is 32.3. The second-order valence-corrected chi connectivity index (χ2v) is 5.55. The fourth-order valence-corrected chi connectivity index (χ4v) is 2.27. The van der Waals surface area contributed by atoms with Gasteiger partial charge in [-0.1, -0.05) is 6.07 Å². The number of benzene rings is 1. The van der Waals surface area contributed by atoms with E-state index in [0.717, 1.165) is 23.5 Å². The lowest BCUT2D eigenvalue weighted by molar-refractivity contribution is 0.311. The number of rotatable bonds is 3. The van der Waals surface area contributed by atoms with Crippen LogP contribution < -0.4 is 9.64 Å². The first-order valence-corrected chi connectivity index (χ1v) is 6.90. The van der Waals surface area contributed by atoms with Gasteiger partial charge in [0.2, 0.25) is 0 Å². The minimum Gasteiger partial charge on any atom is -0.490 e. The number of nitrogens with zero attached hydrogens (tertiary/aromatic N) is 1. The molecule has 0 spiro atoms. The highest BCUT2D eigenvalue weighted by Gasteiger charge is 2.15. The minimum atomic E-state index is -4.40. The Bertz CT molecular complexity index is 515. The summed E-state index contributed by atoms with van der Waals surface area (Å²) in [6.07, 6.45) is 0.181. The van der Waals surface area contributed by atoms with E-state index in [1.54, 1.807) is 12.1 Å². The molecule has 2 rings (SSSR count). The van der Waals surface area contributed by atoms with Crippen molar-refractivity contribution in [2.24, 2.45) is 0 Å². The second-order valence-electron chi connectivity index (χ2n) is 4.07. The summed E-state index contributed by atoms with van der Waals surface area (Å²) in [5, 5.41) is 0. The van der Waals surface area contributed by atoms with Crippen molar-refractivity contribution >= 4 is 15.9 Å². The lowest BCUT2D eigenvalue weighted by Gasteiger charge is -2.28. The van der Waals surface area contributed by atoms with Crippen molar-refractivity contribution in [3.05, 3.63) is 23.8 Å². The molecule has 0 amide bonds. The number of hydrogen-bond acceptors (Lipinski definition) is 4. The first-order valence-electron chi connectivity index (χ1n) is 5.35. The molecule has 0 atom stereocenters. The van der Waals surface area contributed by atoms with E-state index in [0.29, 0.717) is 6.61 Å². The SMILES string of the molecule is CN1CCOc2ccc(CCS(=O)(=O)F)cc21. The molecule has 0 N–H and O–H groups in total. The molecule has 0 unspecified atom stereocenters. The van der Waals surface area contributed by atoms with Gasteiger partial charge in [-0.2, -0.15) is 8.42 Å². The van der Waals surface area contributed by atoms with Gasteiger partial charge in [-0.15, -0.1) is 3.89 Å². The molecule has 0 saturated heterocycles. The zero-order chi connectivity index (χ0) is 12.5. The van der Waals surface area contributed by atoms with Crippen LogP contribution in [0.4, 0.5) is 9.57 Å². The zero-order valence-electron chi connectivity index (χ0n) is 9.52. The topological polar surface area (TPSA) is 46.6 Å². The molecule has 0 saturated carbocycles. The van der Waals surface area contributed by atoms with Crippen molar-refractivity contribution in [1.29, 1.82) is 0 Å². The van der Waals surface area contributed by atoms with Gasteiger partial charge >= 0.3 is 10.2 Å². The van der Waals surface area contributed by atoms with Crippen LogP contribution in [0.25, 0.3) is 0 Å². The van der Waals surface area contributed by atoms with Crippen LogP contribution in [0, 0.1) is 0 Å². The summed E-state index contributed by atoms with van der Waals surface area (Å²) < 4.78 is 38.8. The number of fused-ring (bicyclic) bond motifs is 1. The van der Waals surface area contributed by atoms with Crippen LogP contribution in [-0.2, 0) is 16.6 Å². The molecule has 0 bridgehead atoms. The Balaban J connectivity index is 2.18. The molecule has 4 nitrogen and oxygen atoms in total. The normalized spacial score (nSPS) is 15.3. The number of likely N-dealkylation sites (N-methyl/N-ethyl adjacent to an activating group) is 1. The number of ether oxygens (including phenoxy) is 1. The third-order valence-corrected chi connectivity index (χ3v) is 3.45. The van der Waals surface area contributed by atoms with Gasteiger partial charge in [-0.25, -0.2) is 0 Å². The molecular weight excluding hydrogens is 245 g/mol. The van der Waals surface area contributed by atoms with E-state index >= 15 is 0 Å². The minimum absolute atomic E-state index is 0.181. The number of aryl methyl sites for hydroxylation is 1. The van der Waals surface area contributed by atoms with E-state index in [9.17, 15) is 12.3 Å². The molecule has 1 aliphatic rings. The van der Waals surface area contributed by atoms with Gasteiger partial charge in [0.25, 0.3) is 0 Å². The largest absolute Gasteiger partial charge is 0.490 e. The Morgan fingerprint density at radius 1 is 1.47 bits per heavy atom. The fraction of sp³-hybridized carbons (Fsp3) is 0.455. The third kappa shape index (κ3) is 3.09. The van der Waals surface area contributed by atoms with Gasteiger partial charge in [0.05, 0.1) is 18.0 Å². The summed E-state index contributed by atoms with van der Waals surface area (Å²) >= 11 is 0. The molecule has 0 radical (unpaired) electrons. The average Bonchev–Trinajstić information content (AvgIpc) is 2.26. The summed E-state index contributed by atoms with van der Waals surface area (Å²) in [5.74, 6) is 0.307. The molecule has 1 aliphatic heterocycles. The van der Waals surface area contributed by atoms with Crippen molar-refractivity contribution < 1.29 is 17.0 Å². The Hall–Kier alpha value is -1.30. The Morgan fingerprint density at radius 2 is 2.24 bits per heavy atom. The predicted molar refractivity (Wildman–Crippen MR) is 63.8 cm³/mol. The van der Waals surface area contributed by atoms with E-state index in [1.807, 2.05) is 18.0 Å². The van der Waals surface area contributed by atoms with Gasteiger partial charge in [-0.05, 0) is 24.1 Å². The van der Waals surface area contributed by atoms with Crippen molar-refractivity contribution in [1.82, 2.24) is 0 Å². The van der Waals surface area contributed by atoms with E-state index in [1.165, 1.54) is 0 Å². The lowest BCUT2D eigenvalue weighted by atomic mass is 10.1. The number of anilines is 1. The zero-order valence-corrected chi connectivity index (χ0v) is 10.3. The predicted octanol–water partition coefficient (Wildman–Crippen LogP) is 1.36. The molecule has 1 heterocycles. The molecule has 94 valence electrons. The Kier molecular flexibility index (Phi) is 3.24. The van der Waals surface area contributed by atoms with E-state index < -0.39 is 16.0 Å². The highest BCUT2D eigenvalue weighted by molar-refractivity contribution is 7.86. The van der Waals surface area contributed by atoms with Crippen molar-refractivity contribution in [2.75, 3.05) is 30.9 Å². The molecule has 0 fully saturated rings. The van der Waals surface area contributed by atoms with Gasteiger partial charge in [-0.3, -0.25) is 0 Å². The molecule has 6 heteroatoms. The highest BCUT2D eigenvalue weighted by Crippen LogP contribution is 2.31. The van der Waals surface area contributed by atoms with Crippen molar-refractivity contribution in [3.8, 4) is 5.75 Å². The monoisotopic (exact) mass is 259 g/mol. The maximum atomic E-state index is 12.4. The van der Waals surface area contributed by atoms with Gasteiger partial charge in [0.1, 0.15) is 12.4 Å². The molecule has 17 heavy (non-hydrogen) atoms. The number of hydrogen-bond donors (Lipinski definition) is 0. The molecule has 1 aromatic carbocycles. The van der Waals surface area contributed by atoms with Crippen LogP contribution in [0.5, 0.6) is 5.75 Å². The summed E-state index contributed by atoms with van der Waals surface area (Å²) in [4.78, 5) is 2.03. The van der Waals surface area contributed by atoms with Crippen molar-refractivity contribution in [3.63, 3.8) is 0 Å². The van der Waals surface area contributed by atoms with Crippen LogP contribution in [0.3, 0.4) is 0 Å². The van der Waals surface area contributed by atoms with Gasteiger partial charge in [0, 0.05) is 7.05 Å². The summed E-state index contributed by atoms with van der Waals surface area (Å²) in [5.41, 5.74) is 1.72. The average molecular weight is 259 g/mol. The van der Waals surface area contributed by atoms with Gasteiger partial charge < -0.3 is 9.64 Å². The maximum absolute atomic E-state index is 12.4. The summed E-state index contributed by atoms with van der Waals surface area (Å²) in [6.45, 7) is 1.43. The van der Waals surface area contributed by atoms with Crippen LogP contribution >= 0.6 is 0 Å². The Labute approximate surface area is 100 Å². The second kappa shape index (κ2) is 4.52. The van der Waals surface area contributed by atoms with E-state index in [-0.39, 0.29) is 6.42 Å². The molecule has 0 aliphatic carbocycles. The summed E-state index contributed by atoms with van der Waals surface area (Å²) in [7, 11) is -2.46. The Morgan fingerprint density at radius 3 is 2.94 bits per heavy atom. The smallest absolute Gasteiger partial charge is 0.302 e. The van der Waals surface area contributed by atoms with Crippen LogP contribution in [0.1, 0.15) is 5.56 Å². The molecule has 1 aromatic rings. The summed E-state index contributed by atoms with van der Waals surface area (Å²) in [6, 6.07) is 5.41. The van der Waals surface area contributed by atoms with Crippen molar-refractivity contribution in [2.45, 2.75) is 6.42 Å². The first-order chi connectivity index (χ1) is 7.96. The fourth-order valence-electron chi connectivity index (χ4n) is 1.79. The quantitative estimate of drug-likeness (QED) is 0.769. The van der Waals surface area contributed by atoms with Crippen LogP contribution in [0.15, 0.2) is 18.2 Å².